The molecule has 106 valence electrons. The third-order valence-electron chi connectivity index (χ3n) is 2.82. The highest BCUT2D eigenvalue weighted by atomic mass is 35.5. The number of aromatic nitrogens is 1. The van der Waals surface area contributed by atoms with E-state index in [9.17, 15) is 8.42 Å². The van der Waals surface area contributed by atoms with E-state index in [0.29, 0.717) is 11.6 Å². The lowest BCUT2D eigenvalue weighted by Gasteiger charge is -2.11. The van der Waals surface area contributed by atoms with Crippen LogP contribution in [0.2, 0.25) is 5.15 Å². The minimum Gasteiger partial charge on any atom is -0.280 e. The molecule has 0 bridgehead atoms. The zero-order valence-electron chi connectivity index (χ0n) is 11.2. The molecule has 6 heteroatoms. The molecule has 0 unspecified atom stereocenters. The molecule has 0 saturated carbocycles. The van der Waals surface area contributed by atoms with Crippen molar-refractivity contribution in [3.05, 3.63) is 53.3 Å². The van der Waals surface area contributed by atoms with Gasteiger partial charge in [0.15, 0.2) is 0 Å². The van der Waals surface area contributed by atoms with Crippen LogP contribution in [0.4, 0.5) is 5.69 Å². The van der Waals surface area contributed by atoms with Crippen molar-refractivity contribution in [3.63, 3.8) is 0 Å². The molecule has 1 aromatic carbocycles. The molecular formula is C14H15ClN2O2S. The van der Waals surface area contributed by atoms with E-state index in [-0.39, 0.29) is 10.0 Å². The van der Waals surface area contributed by atoms with Crippen molar-refractivity contribution in [2.24, 2.45) is 0 Å². The molecule has 2 rings (SSSR count). The summed E-state index contributed by atoms with van der Waals surface area (Å²) in [6, 6.07) is 10.2. The molecule has 2 aromatic rings. The van der Waals surface area contributed by atoms with E-state index in [1.807, 2.05) is 18.2 Å². The first-order valence-electron chi connectivity index (χ1n) is 6.13. The van der Waals surface area contributed by atoms with Gasteiger partial charge in [-0.1, -0.05) is 37.6 Å². The highest BCUT2D eigenvalue weighted by Crippen LogP contribution is 2.21. The van der Waals surface area contributed by atoms with Gasteiger partial charge < -0.3 is 0 Å². The zero-order valence-corrected chi connectivity index (χ0v) is 12.7. The van der Waals surface area contributed by atoms with E-state index < -0.39 is 10.0 Å². The summed E-state index contributed by atoms with van der Waals surface area (Å²) in [5.41, 5.74) is 1.60. The van der Waals surface area contributed by atoms with Crippen LogP contribution < -0.4 is 4.72 Å². The van der Waals surface area contributed by atoms with Gasteiger partial charge in [0, 0.05) is 11.9 Å². The average molecular weight is 311 g/mol. The summed E-state index contributed by atoms with van der Waals surface area (Å²) in [7, 11) is -3.64. The van der Waals surface area contributed by atoms with Crippen LogP contribution >= 0.6 is 11.6 Å². The summed E-state index contributed by atoms with van der Waals surface area (Å²) >= 11 is 5.65. The quantitative estimate of drug-likeness (QED) is 0.877. The molecule has 0 aliphatic heterocycles. The number of nitrogens with one attached hydrogen (secondary N) is 1. The van der Waals surface area contributed by atoms with Gasteiger partial charge in [0.1, 0.15) is 10.0 Å². The van der Waals surface area contributed by atoms with Gasteiger partial charge in [-0.3, -0.25) is 4.72 Å². The first-order chi connectivity index (χ1) is 9.38. The third kappa shape index (κ3) is 3.49. The van der Waals surface area contributed by atoms with Crippen molar-refractivity contribution in [3.8, 4) is 0 Å². The lowest BCUT2D eigenvalue weighted by Crippen LogP contribution is -2.13. The summed E-state index contributed by atoms with van der Waals surface area (Å²) in [6.07, 6.45) is 1.23. The number of nitrogens with zero attached hydrogens (tertiary/aromatic N) is 1. The van der Waals surface area contributed by atoms with Crippen molar-refractivity contribution in [1.82, 2.24) is 4.98 Å². The van der Waals surface area contributed by atoms with Crippen molar-refractivity contribution >= 4 is 27.3 Å². The number of benzene rings is 1. The fraction of sp³-hybridized carbons (Fsp3) is 0.214. The number of halogens is 1. The zero-order chi connectivity index (χ0) is 14.8. The highest BCUT2D eigenvalue weighted by Gasteiger charge is 2.15. The van der Waals surface area contributed by atoms with Crippen LogP contribution in [0, 0.1) is 0 Å². The first kappa shape index (κ1) is 14.8. The predicted octanol–water partition coefficient (Wildman–Crippen LogP) is 3.66. The second-order valence-corrected chi connectivity index (χ2v) is 6.77. The predicted molar refractivity (Wildman–Crippen MR) is 80.6 cm³/mol. The van der Waals surface area contributed by atoms with Gasteiger partial charge in [-0.25, -0.2) is 13.4 Å². The second-order valence-electron chi connectivity index (χ2n) is 4.70. The molecule has 20 heavy (non-hydrogen) atoms. The van der Waals surface area contributed by atoms with Crippen molar-refractivity contribution in [2.75, 3.05) is 4.72 Å². The number of sulfonamides is 1. The van der Waals surface area contributed by atoms with Gasteiger partial charge in [0.2, 0.25) is 0 Å². The minimum atomic E-state index is -3.64. The molecule has 1 N–H and O–H groups in total. The highest BCUT2D eigenvalue weighted by molar-refractivity contribution is 7.92. The molecule has 0 aliphatic rings. The van der Waals surface area contributed by atoms with Crippen LogP contribution in [0.15, 0.2) is 47.5 Å². The number of hydrogen-bond acceptors (Lipinski definition) is 3. The summed E-state index contributed by atoms with van der Waals surface area (Å²) in [5.74, 6) is 0.330. The Morgan fingerprint density at radius 1 is 1.20 bits per heavy atom. The van der Waals surface area contributed by atoms with Crippen molar-refractivity contribution in [2.45, 2.75) is 24.7 Å². The van der Waals surface area contributed by atoms with Gasteiger partial charge in [-0.2, -0.15) is 0 Å². The normalized spacial score (nSPS) is 11.6. The van der Waals surface area contributed by atoms with Gasteiger partial charge in [-0.05, 0) is 35.7 Å². The van der Waals surface area contributed by atoms with Gasteiger partial charge in [0.25, 0.3) is 10.0 Å². The maximum Gasteiger partial charge on any atom is 0.263 e. The largest absolute Gasteiger partial charge is 0.280 e. The Morgan fingerprint density at radius 3 is 2.55 bits per heavy atom. The van der Waals surface area contributed by atoms with E-state index in [4.69, 9.17) is 11.6 Å². The van der Waals surface area contributed by atoms with Crippen LogP contribution in [0.5, 0.6) is 0 Å². The van der Waals surface area contributed by atoms with Crippen LogP contribution in [0.25, 0.3) is 0 Å². The summed E-state index contributed by atoms with van der Waals surface area (Å²) in [5, 5.41) is 0.255. The minimum absolute atomic E-state index is 0.0804. The van der Waals surface area contributed by atoms with Crippen molar-refractivity contribution < 1.29 is 8.42 Å². The molecule has 0 fully saturated rings. The summed E-state index contributed by atoms with van der Waals surface area (Å²) in [4.78, 5) is 3.86. The van der Waals surface area contributed by atoms with E-state index >= 15 is 0 Å². The SMILES string of the molecule is CC(C)c1cccc(NS(=O)(=O)c2ccc(Cl)nc2)c1. The summed E-state index contributed by atoms with van der Waals surface area (Å²) < 4.78 is 26.9. The average Bonchev–Trinajstić information content (AvgIpc) is 2.39. The van der Waals surface area contributed by atoms with Gasteiger partial charge in [0.05, 0.1) is 0 Å². The Hall–Kier alpha value is -1.59. The molecule has 0 spiro atoms. The Labute approximate surface area is 123 Å². The van der Waals surface area contributed by atoms with E-state index in [2.05, 4.69) is 23.6 Å². The van der Waals surface area contributed by atoms with E-state index in [1.165, 1.54) is 18.3 Å². The smallest absolute Gasteiger partial charge is 0.263 e. The molecule has 1 heterocycles. The summed E-state index contributed by atoms with van der Waals surface area (Å²) in [6.45, 7) is 4.10. The van der Waals surface area contributed by atoms with Crippen LogP contribution in [0.1, 0.15) is 25.3 Å². The first-order valence-corrected chi connectivity index (χ1v) is 7.99. The van der Waals surface area contributed by atoms with Gasteiger partial charge in [-0.15, -0.1) is 0 Å². The number of rotatable bonds is 4. The Kier molecular flexibility index (Phi) is 4.30. The topological polar surface area (TPSA) is 59.1 Å². The lowest BCUT2D eigenvalue weighted by atomic mass is 10.0. The molecule has 0 saturated heterocycles. The molecule has 0 radical (unpaired) electrons. The monoisotopic (exact) mass is 310 g/mol. The lowest BCUT2D eigenvalue weighted by molar-refractivity contribution is 0.601. The van der Waals surface area contributed by atoms with Crippen LogP contribution in [-0.2, 0) is 10.0 Å². The maximum absolute atomic E-state index is 12.2. The number of pyridine rings is 1. The third-order valence-corrected chi connectivity index (χ3v) is 4.41. The van der Waals surface area contributed by atoms with Crippen LogP contribution in [-0.4, -0.2) is 13.4 Å². The van der Waals surface area contributed by atoms with Crippen molar-refractivity contribution in [1.29, 1.82) is 0 Å². The standard InChI is InChI=1S/C14H15ClN2O2S/c1-10(2)11-4-3-5-12(8-11)17-20(18,19)13-6-7-14(15)16-9-13/h3-10,17H,1-2H3. The van der Waals surface area contributed by atoms with Crippen LogP contribution in [0.3, 0.4) is 0 Å². The fourth-order valence-corrected chi connectivity index (χ4v) is 2.80. The molecule has 4 nitrogen and oxygen atoms in total. The Balaban J connectivity index is 2.28. The number of hydrogen-bond donors (Lipinski definition) is 1. The van der Waals surface area contributed by atoms with Gasteiger partial charge >= 0.3 is 0 Å². The molecule has 1 aromatic heterocycles. The van der Waals surface area contributed by atoms with E-state index in [1.54, 1.807) is 6.07 Å². The molecular weight excluding hydrogens is 296 g/mol. The fourth-order valence-electron chi connectivity index (χ4n) is 1.70. The molecule has 0 aliphatic carbocycles. The van der Waals surface area contributed by atoms with E-state index in [0.717, 1.165) is 5.56 Å². The second kappa shape index (κ2) is 5.81. The molecule has 0 amide bonds. The molecule has 0 atom stereocenters. The maximum atomic E-state index is 12.2. The Morgan fingerprint density at radius 2 is 1.95 bits per heavy atom. The Bertz CT molecular complexity index is 697. The number of anilines is 1.